The molecule has 1 N–H and O–H groups in total. The highest BCUT2D eigenvalue weighted by Gasteiger charge is 2.46. The van der Waals surface area contributed by atoms with E-state index >= 15 is 0 Å². The van der Waals surface area contributed by atoms with Crippen LogP contribution in [0, 0.1) is 17.8 Å². The monoisotopic (exact) mass is 225 g/mol. The molecule has 0 aliphatic heterocycles. The Kier molecular flexibility index (Phi) is 3.83. The SMILES string of the molecule is CC(C)NC(=O)C1C(=O)CC(C(C)C)C1=O. The van der Waals surface area contributed by atoms with Crippen molar-refractivity contribution >= 4 is 17.5 Å². The number of hydrogen-bond acceptors (Lipinski definition) is 3. The predicted molar refractivity (Wildman–Crippen MR) is 59.7 cm³/mol. The molecule has 16 heavy (non-hydrogen) atoms. The highest BCUT2D eigenvalue weighted by Crippen LogP contribution is 2.30. The molecule has 0 saturated heterocycles. The van der Waals surface area contributed by atoms with Gasteiger partial charge in [-0.25, -0.2) is 0 Å². The number of Topliss-reactive ketones (excluding diaryl/α,β-unsaturated/α-hetero) is 2. The number of amides is 1. The van der Waals surface area contributed by atoms with Gasteiger partial charge in [-0.3, -0.25) is 14.4 Å². The maximum atomic E-state index is 11.9. The van der Waals surface area contributed by atoms with E-state index in [1.165, 1.54) is 0 Å². The Labute approximate surface area is 95.8 Å². The molecule has 1 saturated carbocycles. The van der Waals surface area contributed by atoms with Crippen LogP contribution in [0.25, 0.3) is 0 Å². The number of ketones is 2. The minimum atomic E-state index is -1.06. The van der Waals surface area contributed by atoms with Crippen molar-refractivity contribution in [3.8, 4) is 0 Å². The molecule has 1 fully saturated rings. The second-order valence-electron chi connectivity index (χ2n) is 5.02. The molecule has 4 heteroatoms. The lowest BCUT2D eigenvalue weighted by Gasteiger charge is -2.14. The molecule has 1 aliphatic carbocycles. The summed E-state index contributed by atoms with van der Waals surface area (Å²) in [5.74, 6) is -2.10. The Morgan fingerprint density at radius 3 is 2.19 bits per heavy atom. The predicted octanol–water partition coefficient (Wildman–Crippen LogP) is 0.941. The first-order valence-corrected chi connectivity index (χ1v) is 5.71. The van der Waals surface area contributed by atoms with E-state index in [0.717, 1.165) is 0 Å². The van der Waals surface area contributed by atoms with Gasteiger partial charge in [-0.15, -0.1) is 0 Å². The number of rotatable bonds is 3. The number of carbonyl (C=O) groups excluding carboxylic acids is 3. The molecule has 2 unspecified atom stereocenters. The lowest BCUT2D eigenvalue weighted by atomic mass is 9.92. The summed E-state index contributed by atoms with van der Waals surface area (Å²) >= 11 is 0. The number of hydrogen-bond donors (Lipinski definition) is 1. The lowest BCUT2D eigenvalue weighted by molar-refractivity contribution is -0.138. The van der Waals surface area contributed by atoms with E-state index in [2.05, 4.69) is 5.32 Å². The number of nitrogens with one attached hydrogen (secondary N) is 1. The van der Waals surface area contributed by atoms with Crippen LogP contribution in [-0.2, 0) is 14.4 Å². The zero-order chi connectivity index (χ0) is 12.5. The first kappa shape index (κ1) is 12.9. The van der Waals surface area contributed by atoms with Gasteiger partial charge in [0.05, 0.1) is 0 Å². The van der Waals surface area contributed by atoms with Crippen LogP contribution < -0.4 is 5.32 Å². The fourth-order valence-corrected chi connectivity index (χ4v) is 2.02. The highest BCUT2D eigenvalue weighted by molar-refractivity contribution is 6.23. The molecule has 1 rings (SSSR count). The van der Waals surface area contributed by atoms with Gasteiger partial charge in [0.15, 0.2) is 17.5 Å². The molecule has 0 aromatic carbocycles. The van der Waals surface area contributed by atoms with Crippen molar-refractivity contribution in [3.05, 3.63) is 0 Å². The van der Waals surface area contributed by atoms with Crippen molar-refractivity contribution in [2.45, 2.75) is 40.2 Å². The zero-order valence-electron chi connectivity index (χ0n) is 10.2. The summed E-state index contributed by atoms with van der Waals surface area (Å²) in [5, 5.41) is 2.62. The third-order valence-corrected chi connectivity index (χ3v) is 2.89. The van der Waals surface area contributed by atoms with Crippen LogP contribution in [0.1, 0.15) is 34.1 Å². The van der Waals surface area contributed by atoms with Gasteiger partial charge < -0.3 is 5.32 Å². The largest absolute Gasteiger partial charge is 0.353 e. The summed E-state index contributed by atoms with van der Waals surface area (Å²) in [5.41, 5.74) is 0. The normalized spacial score (nSPS) is 25.6. The van der Waals surface area contributed by atoms with Gasteiger partial charge in [0.1, 0.15) is 0 Å². The maximum Gasteiger partial charge on any atom is 0.238 e. The minimum Gasteiger partial charge on any atom is -0.353 e. The van der Waals surface area contributed by atoms with E-state index in [1.54, 1.807) is 0 Å². The molecule has 0 aromatic rings. The minimum absolute atomic E-state index is 0.0498. The first-order chi connectivity index (χ1) is 7.34. The van der Waals surface area contributed by atoms with Crippen LogP contribution in [0.4, 0.5) is 0 Å². The number of carbonyl (C=O) groups is 3. The molecule has 0 aromatic heterocycles. The lowest BCUT2D eigenvalue weighted by Crippen LogP contribution is -2.40. The van der Waals surface area contributed by atoms with Gasteiger partial charge in [-0.05, 0) is 19.8 Å². The van der Waals surface area contributed by atoms with Crippen LogP contribution in [0.2, 0.25) is 0 Å². The van der Waals surface area contributed by atoms with Gasteiger partial charge in [-0.1, -0.05) is 13.8 Å². The van der Waals surface area contributed by atoms with Crippen LogP contribution >= 0.6 is 0 Å². The maximum absolute atomic E-state index is 11.9. The van der Waals surface area contributed by atoms with Gasteiger partial charge >= 0.3 is 0 Å². The van der Waals surface area contributed by atoms with Gasteiger partial charge in [-0.2, -0.15) is 0 Å². The van der Waals surface area contributed by atoms with Crippen molar-refractivity contribution in [3.63, 3.8) is 0 Å². The Morgan fingerprint density at radius 2 is 1.81 bits per heavy atom. The molecule has 0 radical (unpaired) electrons. The van der Waals surface area contributed by atoms with Crippen LogP contribution in [0.3, 0.4) is 0 Å². The molecule has 1 amide bonds. The van der Waals surface area contributed by atoms with Crippen molar-refractivity contribution in [1.82, 2.24) is 5.32 Å². The van der Waals surface area contributed by atoms with E-state index in [9.17, 15) is 14.4 Å². The van der Waals surface area contributed by atoms with Gasteiger partial charge in [0.25, 0.3) is 0 Å². The average Bonchev–Trinajstić information content (AvgIpc) is 2.40. The summed E-state index contributed by atoms with van der Waals surface area (Å²) in [6, 6.07) is -0.0498. The smallest absolute Gasteiger partial charge is 0.238 e. The zero-order valence-corrected chi connectivity index (χ0v) is 10.2. The Hall–Kier alpha value is -1.19. The Morgan fingerprint density at radius 1 is 1.25 bits per heavy atom. The van der Waals surface area contributed by atoms with Crippen LogP contribution in [0.15, 0.2) is 0 Å². The molecule has 4 nitrogen and oxygen atoms in total. The van der Waals surface area contributed by atoms with E-state index in [1.807, 2.05) is 27.7 Å². The second-order valence-corrected chi connectivity index (χ2v) is 5.02. The van der Waals surface area contributed by atoms with E-state index in [0.29, 0.717) is 0 Å². The topological polar surface area (TPSA) is 63.2 Å². The molecule has 0 bridgehead atoms. The quantitative estimate of drug-likeness (QED) is 0.727. The van der Waals surface area contributed by atoms with Gasteiger partial charge in [0.2, 0.25) is 5.91 Å². The Balaban J connectivity index is 2.79. The van der Waals surface area contributed by atoms with E-state index in [4.69, 9.17) is 0 Å². The van der Waals surface area contributed by atoms with E-state index in [-0.39, 0.29) is 35.9 Å². The molecular weight excluding hydrogens is 206 g/mol. The second kappa shape index (κ2) is 4.76. The molecule has 0 heterocycles. The first-order valence-electron chi connectivity index (χ1n) is 5.71. The summed E-state index contributed by atoms with van der Waals surface area (Å²) in [6.07, 6.45) is 0.215. The summed E-state index contributed by atoms with van der Waals surface area (Å²) in [7, 11) is 0. The fourth-order valence-electron chi connectivity index (χ4n) is 2.02. The summed E-state index contributed by atoms with van der Waals surface area (Å²) < 4.78 is 0. The van der Waals surface area contributed by atoms with Gasteiger partial charge in [0, 0.05) is 18.4 Å². The standard InChI is InChI=1S/C12H19NO3/c1-6(2)8-5-9(14)10(11(8)15)12(16)13-7(3)4/h6-8,10H,5H2,1-4H3,(H,13,16). The molecule has 1 aliphatic rings. The van der Waals surface area contributed by atoms with Crippen LogP contribution in [0.5, 0.6) is 0 Å². The molecule has 2 atom stereocenters. The van der Waals surface area contributed by atoms with Crippen molar-refractivity contribution in [2.75, 3.05) is 0 Å². The fraction of sp³-hybridized carbons (Fsp3) is 0.750. The van der Waals surface area contributed by atoms with E-state index < -0.39 is 11.8 Å². The van der Waals surface area contributed by atoms with Crippen molar-refractivity contribution in [2.24, 2.45) is 17.8 Å². The third-order valence-electron chi connectivity index (χ3n) is 2.89. The third kappa shape index (κ3) is 2.49. The molecule has 90 valence electrons. The summed E-state index contributed by atoms with van der Waals surface area (Å²) in [6.45, 7) is 7.42. The molecule has 0 spiro atoms. The van der Waals surface area contributed by atoms with Crippen LogP contribution in [-0.4, -0.2) is 23.5 Å². The van der Waals surface area contributed by atoms with Crippen molar-refractivity contribution in [1.29, 1.82) is 0 Å². The summed E-state index contributed by atoms with van der Waals surface area (Å²) in [4.78, 5) is 35.2. The molecular formula is C12H19NO3. The Bertz CT molecular complexity index is 320. The average molecular weight is 225 g/mol. The highest BCUT2D eigenvalue weighted by atomic mass is 16.2. The van der Waals surface area contributed by atoms with Crippen molar-refractivity contribution < 1.29 is 14.4 Å².